The van der Waals surface area contributed by atoms with Gasteiger partial charge in [0.25, 0.3) is 0 Å². The van der Waals surface area contributed by atoms with E-state index in [-0.39, 0.29) is 0 Å². The van der Waals surface area contributed by atoms with E-state index in [0.717, 1.165) is 12.5 Å². The van der Waals surface area contributed by atoms with Crippen molar-refractivity contribution in [2.24, 2.45) is 0 Å². The molecule has 0 radical (unpaired) electrons. The van der Waals surface area contributed by atoms with Gasteiger partial charge in [-0.15, -0.1) is 0 Å². The van der Waals surface area contributed by atoms with Gasteiger partial charge in [0.05, 0.1) is 6.61 Å². The average molecular weight is 211 g/mol. The highest BCUT2D eigenvalue weighted by Crippen LogP contribution is 2.18. The summed E-state index contributed by atoms with van der Waals surface area (Å²) < 4.78 is 7.17. The molecule has 0 aliphatic carbocycles. The van der Waals surface area contributed by atoms with Crippen molar-refractivity contribution >= 4 is 5.95 Å². The minimum Gasteiger partial charge on any atom is -0.386 e. The molecule has 84 valence electrons. The predicted molar refractivity (Wildman–Crippen MR) is 56.8 cm³/mol. The van der Waals surface area contributed by atoms with E-state index in [1.54, 1.807) is 6.20 Å². The molecule has 1 aromatic rings. The minimum atomic E-state index is -0.732. The van der Waals surface area contributed by atoms with E-state index in [2.05, 4.69) is 17.2 Å². The first-order valence-electron chi connectivity index (χ1n) is 5.29. The summed E-state index contributed by atoms with van der Waals surface area (Å²) in [6.45, 7) is 4.47. The molecule has 15 heavy (non-hydrogen) atoms. The van der Waals surface area contributed by atoms with E-state index in [1.807, 2.05) is 10.8 Å². The van der Waals surface area contributed by atoms with Crippen molar-refractivity contribution in [3.8, 4) is 0 Å². The van der Waals surface area contributed by atoms with E-state index in [4.69, 9.17) is 4.74 Å². The quantitative estimate of drug-likeness (QED) is 0.760. The lowest BCUT2D eigenvalue weighted by Gasteiger charge is -2.21. The molecule has 1 aromatic heterocycles. The summed E-state index contributed by atoms with van der Waals surface area (Å²) in [7, 11) is 0. The van der Waals surface area contributed by atoms with Crippen LogP contribution >= 0.6 is 0 Å². The minimum absolute atomic E-state index is 0.410. The molecule has 2 heterocycles. The number of anilines is 1. The second-order valence-electron chi connectivity index (χ2n) is 3.92. The highest BCUT2D eigenvalue weighted by Gasteiger charge is 2.32. The number of aliphatic hydroxyl groups is 1. The lowest BCUT2D eigenvalue weighted by Crippen LogP contribution is -2.37. The van der Waals surface area contributed by atoms with Gasteiger partial charge in [-0.05, 0) is 6.92 Å². The van der Waals surface area contributed by atoms with E-state index < -0.39 is 5.60 Å². The third kappa shape index (κ3) is 2.30. The predicted octanol–water partition coefficient (Wildman–Crippen LogP) is 0.466. The van der Waals surface area contributed by atoms with Gasteiger partial charge in [-0.25, -0.2) is 4.98 Å². The monoisotopic (exact) mass is 211 g/mol. The highest BCUT2D eigenvalue weighted by atomic mass is 16.5. The fourth-order valence-corrected chi connectivity index (χ4v) is 1.71. The summed E-state index contributed by atoms with van der Waals surface area (Å²) in [6.07, 6.45) is 4.35. The van der Waals surface area contributed by atoms with Crippen LogP contribution in [0.25, 0.3) is 0 Å². The molecule has 1 unspecified atom stereocenters. The Kier molecular flexibility index (Phi) is 2.93. The summed E-state index contributed by atoms with van der Waals surface area (Å²) in [5.41, 5.74) is -0.732. The maximum atomic E-state index is 10.0. The number of nitrogens with one attached hydrogen (secondary N) is 1. The molecule has 0 aromatic carbocycles. The van der Waals surface area contributed by atoms with Crippen LogP contribution in [0.2, 0.25) is 0 Å². The van der Waals surface area contributed by atoms with Crippen molar-refractivity contribution in [3.63, 3.8) is 0 Å². The fraction of sp³-hybridized carbons (Fsp3) is 0.700. The third-order valence-corrected chi connectivity index (χ3v) is 2.71. The standard InChI is InChI=1S/C10H17N3O2/c1-2-13-5-4-11-9(13)12-7-10(14)3-6-15-8-10/h4-5,14H,2-3,6-8H2,1H3,(H,11,12). The molecule has 0 amide bonds. The van der Waals surface area contributed by atoms with Gasteiger partial charge in [-0.1, -0.05) is 0 Å². The van der Waals surface area contributed by atoms with E-state index in [1.165, 1.54) is 0 Å². The van der Waals surface area contributed by atoms with Gasteiger partial charge in [-0.2, -0.15) is 0 Å². The normalized spacial score (nSPS) is 25.7. The van der Waals surface area contributed by atoms with Crippen molar-refractivity contribution in [1.82, 2.24) is 9.55 Å². The molecular formula is C10H17N3O2. The molecule has 0 bridgehead atoms. The Labute approximate surface area is 89.1 Å². The first-order valence-corrected chi connectivity index (χ1v) is 5.29. The Balaban J connectivity index is 1.92. The highest BCUT2D eigenvalue weighted by molar-refractivity contribution is 5.26. The molecule has 1 saturated heterocycles. The molecule has 5 heteroatoms. The number of ether oxygens (including phenoxy) is 1. The van der Waals surface area contributed by atoms with Gasteiger partial charge < -0.3 is 19.7 Å². The Morgan fingerprint density at radius 2 is 2.60 bits per heavy atom. The molecule has 1 aliphatic heterocycles. The second-order valence-corrected chi connectivity index (χ2v) is 3.92. The molecule has 2 rings (SSSR count). The molecule has 2 N–H and O–H groups in total. The van der Waals surface area contributed by atoms with Gasteiger partial charge >= 0.3 is 0 Å². The molecule has 1 atom stereocenters. The fourth-order valence-electron chi connectivity index (χ4n) is 1.71. The molecule has 1 aliphatic rings. The zero-order chi connectivity index (χ0) is 10.7. The van der Waals surface area contributed by atoms with E-state index >= 15 is 0 Å². The first-order chi connectivity index (χ1) is 7.23. The van der Waals surface area contributed by atoms with Crippen molar-refractivity contribution in [2.45, 2.75) is 25.5 Å². The number of aromatic nitrogens is 2. The number of nitrogens with zero attached hydrogens (tertiary/aromatic N) is 2. The molecule has 0 spiro atoms. The van der Waals surface area contributed by atoms with Gasteiger partial charge in [0.2, 0.25) is 5.95 Å². The lowest BCUT2D eigenvalue weighted by atomic mass is 10.0. The third-order valence-electron chi connectivity index (χ3n) is 2.71. The van der Waals surface area contributed by atoms with Crippen molar-refractivity contribution < 1.29 is 9.84 Å². The van der Waals surface area contributed by atoms with Crippen LogP contribution in [0.3, 0.4) is 0 Å². The van der Waals surface area contributed by atoms with Crippen LogP contribution in [-0.2, 0) is 11.3 Å². The van der Waals surface area contributed by atoms with E-state index in [0.29, 0.717) is 26.2 Å². The van der Waals surface area contributed by atoms with Gasteiger partial charge in [0.15, 0.2) is 0 Å². The van der Waals surface area contributed by atoms with Crippen LogP contribution in [0, 0.1) is 0 Å². The first kappa shape index (κ1) is 10.4. The maximum Gasteiger partial charge on any atom is 0.202 e. The number of rotatable bonds is 4. The number of hydrogen-bond acceptors (Lipinski definition) is 4. The summed E-state index contributed by atoms with van der Waals surface area (Å²) in [5, 5.41) is 13.2. The molecular weight excluding hydrogens is 194 g/mol. The van der Waals surface area contributed by atoms with Gasteiger partial charge in [0, 0.05) is 38.5 Å². The molecule has 0 saturated carbocycles. The van der Waals surface area contributed by atoms with Crippen molar-refractivity contribution in [2.75, 3.05) is 25.1 Å². The lowest BCUT2D eigenvalue weighted by molar-refractivity contribution is 0.0380. The zero-order valence-electron chi connectivity index (χ0n) is 8.94. The largest absolute Gasteiger partial charge is 0.386 e. The van der Waals surface area contributed by atoms with Gasteiger partial charge in [-0.3, -0.25) is 0 Å². The summed E-state index contributed by atoms with van der Waals surface area (Å²) in [5.74, 6) is 0.804. The SMILES string of the molecule is CCn1ccnc1NCC1(O)CCOC1. The van der Waals surface area contributed by atoms with Crippen LogP contribution in [0.15, 0.2) is 12.4 Å². The van der Waals surface area contributed by atoms with Crippen molar-refractivity contribution in [3.05, 3.63) is 12.4 Å². The Hall–Kier alpha value is -1.07. The van der Waals surface area contributed by atoms with Crippen LogP contribution in [-0.4, -0.2) is 40.0 Å². The zero-order valence-corrected chi connectivity index (χ0v) is 8.94. The number of aryl methyl sites for hydroxylation is 1. The summed E-state index contributed by atoms with van der Waals surface area (Å²) in [6, 6.07) is 0. The van der Waals surface area contributed by atoms with Crippen LogP contribution < -0.4 is 5.32 Å². The molecule has 5 nitrogen and oxygen atoms in total. The van der Waals surface area contributed by atoms with Crippen LogP contribution in [0.1, 0.15) is 13.3 Å². The smallest absolute Gasteiger partial charge is 0.202 e. The summed E-state index contributed by atoms with van der Waals surface area (Å²) in [4.78, 5) is 4.18. The second kappa shape index (κ2) is 4.20. The van der Waals surface area contributed by atoms with Crippen LogP contribution in [0.5, 0.6) is 0 Å². The topological polar surface area (TPSA) is 59.3 Å². The Morgan fingerprint density at radius 1 is 1.73 bits per heavy atom. The Bertz CT molecular complexity index is 318. The number of imidazole rings is 1. The van der Waals surface area contributed by atoms with Crippen molar-refractivity contribution in [1.29, 1.82) is 0 Å². The van der Waals surface area contributed by atoms with Gasteiger partial charge in [0.1, 0.15) is 5.60 Å². The maximum absolute atomic E-state index is 10.0. The van der Waals surface area contributed by atoms with E-state index in [9.17, 15) is 5.11 Å². The average Bonchev–Trinajstić information content (AvgIpc) is 2.84. The van der Waals surface area contributed by atoms with Crippen LogP contribution in [0.4, 0.5) is 5.95 Å². The number of hydrogen-bond donors (Lipinski definition) is 2. The summed E-state index contributed by atoms with van der Waals surface area (Å²) >= 11 is 0. The Morgan fingerprint density at radius 3 is 3.27 bits per heavy atom. The molecule has 1 fully saturated rings.